The smallest absolute Gasteiger partial charge is 0.121 e. The van der Waals surface area contributed by atoms with E-state index in [0.717, 1.165) is 32.2 Å². The van der Waals surface area contributed by atoms with E-state index in [1.807, 2.05) is 0 Å². The summed E-state index contributed by atoms with van der Waals surface area (Å²) in [5.41, 5.74) is 1.10. The summed E-state index contributed by atoms with van der Waals surface area (Å²) in [4.78, 5) is 0. The molecule has 0 aromatic heterocycles. The van der Waals surface area contributed by atoms with Gasteiger partial charge in [-0.1, -0.05) is 18.9 Å². The molecule has 5 heteroatoms. The van der Waals surface area contributed by atoms with E-state index >= 15 is 0 Å². The molecular formula is C15H25NO4. The first-order chi connectivity index (χ1) is 9.69. The standard InChI is InChI=1S/C15H25NO4/c17-8-4-2-1-3-7-16-10-15(20)12-5-6-14(19)13(9-12)11-18/h5-6,9,15-20H,1-4,7-8,10-11H2/t15-/m1/s1. The molecule has 0 aliphatic carbocycles. The van der Waals surface area contributed by atoms with E-state index in [-0.39, 0.29) is 19.0 Å². The molecule has 1 aromatic carbocycles. The Bertz CT molecular complexity index is 384. The molecule has 0 spiro atoms. The molecule has 5 nitrogen and oxygen atoms in total. The average Bonchev–Trinajstić information content (AvgIpc) is 2.46. The van der Waals surface area contributed by atoms with E-state index in [9.17, 15) is 10.2 Å². The van der Waals surface area contributed by atoms with Gasteiger partial charge in [0.1, 0.15) is 5.75 Å². The second kappa shape index (κ2) is 9.72. The highest BCUT2D eigenvalue weighted by atomic mass is 16.3. The third-order valence-electron chi connectivity index (χ3n) is 3.26. The van der Waals surface area contributed by atoms with E-state index in [4.69, 9.17) is 10.2 Å². The Morgan fingerprint density at radius 3 is 2.50 bits per heavy atom. The largest absolute Gasteiger partial charge is 0.508 e. The molecule has 1 aromatic rings. The van der Waals surface area contributed by atoms with Crippen molar-refractivity contribution in [1.29, 1.82) is 0 Å². The molecule has 1 atom stereocenters. The summed E-state index contributed by atoms with van der Waals surface area (Å²) in [5.74, 6) is 0.0419. The van der Waals surface area contributed by atoms with Crippen LogP contribution in [0.3, 0.4) is 0 Å². The molecule has 0 aliphatic heterocycles. The first kappa shape index (κ1) is 16.9. The Hall–Kier alpha value is -1.14. The normalized spacial score (nSPS) is 12.6. The van der Waals surface area contributed by atoms with Gasteiger partial charge in [0, 0.05) is 18.7 Å². The van der Waals surface area contributed by atoms with Crippen LogP contribution in [0.1, 0.15) is 42.9 Å². The minimum Gasteiger partial charge on any atom is -0.508 e. The van der Waals surface area contributed by atoms with E-state index < -0.39 is 6.10 Å². The van der Waals surface area contributed by atoms with E-state index in [1.54, 1.807) is 12.1 Å². The van der Waals surface area contributed by atoms with Gasteiger partial charge in [-0.2, -0.15) is 0 Å². The van der Waals surface area contributed by atoms with E-state index in [2.05, 4.69) is 5.32 Å². The summed E-state index contributed by atoms with van der Waals surface area (Å²) in [7, 11) is 0. The van der Waals surface area contributed by atoms with Crippen LogP contribution in [0.15, 0.2) is 18.2 Å². The van der Waals surface area contributed by atoms with Crippen LogP contribution in [0, 0.1) is 0 Å². The van der Waals surface area contributed by atoms with Crippen molar-refractivity contribution in [3.63, 3.8) is 0 Å². The fraction of sp³-hybridized carbons (Fsp3) is 0.600. The predicted octanol–water partition coefficient (Wildman–Crippen LogP) is 1.06. The fourth-order valence-corrected chi connectivity index (χ4v) is 2.01. The van der Waals surface area contributed by atoms with E-state index in [0.29, 0.717) is 17.7 Å². The lowest BCUT2D eigenvalue weighted by atomic mass is 10.1. The van der Waals surface area contributed by atoms with Crippen LogP contribution in [0.5, 0.6) is 5.75 Å². The second-order valence-electron chi connectivity index (χ2n) is 4.90. The van der Waals surface area contributed by atoms with Crippen LogP contribution in [0.25, 0.3) is 0 Å². The zero-order valence-electron chi connectivity index (χ0n) is 11.8. The number of phenols is 1. The highest BCUT2D eigenvalue weighted by Crippen LogP contribution is 2.22. The summed E-state index contributed by atoms with van der Waals surface area (Å²) in [5, 5.41) is 40.4. The number of hydrogen-bond donors (Lipinski definition) is 5. The van der Waals surface area contributed by atoms with Crippen molar-refractivity contribution in [3.05, 3.63) is 29.3 Å². The summed E-state index contributed by atoms with van der Waals surface area (Å²) >= 11 is 0. The summed E-state index contributed by atoms with van der Waals surface area (Å²) in [6, 6.07) is 4.75. The molecule has 0 amide bonds. The lowest BCUT2D eigenvalue weighted by molar-refractivity contribution is 0.174. The number of aromatic hydroxyl groups is 1. The molecule has 0 saturated heterocycles. The van der Waals surface area contributed by atoms with Crippen molar-refractivity contribution in [2.24, 2.45) is 0 Å². The molecule has 20 heavy (non-hydrogen) atoms. The number of rotatable bonds is 10. The van der Waals surface area contributed by atoms with Gasteiger partial charge in [0.05, 0.1) is 12.7 Å². The molecule has 0 heterocycles. The SMILES string of the molecule is OCCCCCCNC[C@@H](O)c1ccc(O)c(CO)c1. The Morgan fingerprint density at radius 1 is 1.05 bits per heavy atom. The van der Waals surface area contributed by atoms with Gasteiger partial charge in [-0.05, 0) is 37.1 Å². The molecule has 0 saturated carbocycles. The van der Waals surface area contributed by atoms with Gasteiger partial charge in [-0.25, -0.2) is 0 Å². The number of nitrogens with one attached hydrogen (secondary N) is 1. The average molecular weight is 283 g/mol. The molecule has 114 valence electrons. The Balaban J connectivity index is 2.27. The summed E-state index contributed by atoms with van der Waals surface area (Å²) in [6.45, 7) is 1.27. The maximum atomic E-state index is 10.0. The van der Waals surface area contributed by atoms with Crippen LogP contribution in [-0.4, -0.2) is 40.1 Å². The van der Waals surface area contributed by atoms with Gasteiger partial charge in [0.15, 0.2) is 0 Å². The summed E-state index contributed by atoms with van der Waals surface area (Å²) < 4.78 is 0. The highest BCUT2D eigenvalue weighted by Gasteiger charge is 2.09. The first-order valence-electron chi connectivity index (χ1n) is 7.11. The van der Waals surface area contributed by atoms with Gasteiger partial charge < -0.3 is 25.7 Å². The molecule has 0 aliphatic rings. The first-order valence-corrected chi connectivity index (χ1v) is 7.11. The van der Waals surface area contributed by atoms with Crippen LogP contribution in [-0.2, 0) is 6.61 Å². The third kappa shape index (κ3) is 5.88. The molecule has 5 N–H and O–H groups in total. The molecule has 1 rings (SSSR count). The maximum Gasteiger partial charge on any atom is 0.121 e. The van der Waals surface area contributed by atoms with Gasteiger partial charge in [-0.3, -0.25) is 0 Å². The lowest BCUT2D eigenvalue weighted by Crippen LogP contribution is -2.22. The fourth-order valence-electron chi connectivity index (χ4n) is 2.01. The van der Waals surface area contributed by atoms with Crippen molar-refractivity contribution in [1.82, 2.24) is 5.32 Å². The van der Waals surface area contributed by atoms with Crippen LogP contribution in [0.4, 0.5) is 0 Å². The zero-order chi connectivity index (χ0) is 14.8. The van der Waals surface area contributed by atoms with Gasteiger partial charge in [-0.15, -0.1) is 0 Å². The number of aliphatic hydroxyl groups is 3. The lowest BCUT2D eigenvalue weighted by Gasteiger charge is -2.13. The number of benzene rings is 1. The Morgan fingerprint density at radius 2 is 1.80 bits per heavy atom. The Labute approximate surface area is 119 Å². The van der Waals surface area contributed by atoms with Crippen LogP contribution < -0.4 is 5.32 Å². The number of hydrogen-bond acceptors (Lipinski definition) is 5. The maximum absolute atomic E-state index is 10.0. The van der Waals surface area contributed by atoms with Gasteiger partial charge >= 0.3 is 0 Å². The van der Waals surface area contributed by atoms with Crippen molar-refractivity contribution in [2.45, 2.75) is 38.4 Å². The molecular weight excluding hydrogens is 258 g/mol. The van der Waals surface area contributed by atoms with E-state index in [1.165, 1.54) is 6.07 Å². The van der Waals surface area contributed by atoms with Gasteiger partial charge in [0.2, 0.25) is 0 Å². The monoisotopic (exact) mass is 283 g/mol. The molecule has 0 bridgehead atoms. The predicted molar refractivity (Wildman–Crippen MR) is 77.4 cm³/mol. The van der Waals surface area contributed by atoms with Crippen molar-refractivity contribution in [2.75, 3.05) is 19.7 Å². The summed E-state index contributed by atoms with van der Waals surface area (Å²) in [6.07, 6.45) is 3.30. The van der Waals surface area contributed by atoms with Crippen LogP contribution >= 0.6 is 0 Å². The van der Waals surface area contributed by atoms with Gasteiger partial charge in [0.25, 0.3) is 0 Å². The third-order valence-corrected chi connectivity index (χ3v) is 3.26. The number of unbranched alkanes of at least 4 members (excludes halogenated alkanes) is 3. The van der Waals surface area contributed by atoms with Crippen molar-refractivity contribution >= 4 is 0 Å². The molecule has 0 unspecified atom stereocenters. The highest BCUT2D eigenvalue weighted by molar-refractivity contribution is 5.36. The Kier molecular flexibility index (Phi) is 8.22. The minimum absolute atomic E-state index is 0.0419. The minimum atomic E-state index is -0.654. The second-order valence-corrected chi connectivity index (χ2v) is 4.90. The quantitative estimate of drug-likeness (QED) is 0.414. The number of aliphatic hydroxyl groups excluding tert-OH is 3. The topological polar surface area (TPSA) is 93.0 Å². The molecule has 0 fully saturated rings. The van der Waals surface area contributed by atoms with Crippen LogP contribution in [0.2, 0.25) is 0 Å². The van der Waals surface area contributed by atoms with Crippen molar-refractivity contribution < 1.29 is 20.4 Å². The van der Waals surface area contributed by atoms with Crippen molar-refractivity contribution in [3.8, 4) is 5.75 Å². The molecule has 0 radical (unpaired) electrons. The zero-order valence-corrected chi connectivity index (χ0v) is 11.8.